The third kappa shape index (κ3) is 7.74. The average molecular weight is 595 g/mol. The predicted octanol–water partition coefficient (Wildman–Crippen LogP) is 4.45. The molecule has 0 heterocycles. The molecule has 1 aliphatic carbocycles. The van der Waals surface area contributed by atoms with Gasteiger partial charge in [-0.05, 0) is 60.7 Å². The third-order valence-corrected chi connectivity index (χ3v) is 9.53. The van der Waals surface area contributed by atoms with E-state index < -0.39 is 34.5 Å². The zero-order valence-corrected chi connectivity index (χ0v) is 25.2. The van der Waals surface area contributed by atoms with Crippen LogP contribution in [0.1, 0.15) is 42.4 Å². The molecule has 0 spiro atoms. The molecule has 10 heteroatoms. The summed E-state index contributed by atoms with van der Waals surface area (Å²) >= 11 is 0. The zero-order chi connectivity index (χ0) is 30.3. The van der Waals surface area contributed by atoms with Crippen LogP contribution in [0.15, 0.2) is 78.9 Å². The highest BCUT2D eigenvalue weighted by molar-refractivity contribution is 7.90. The number of rotatable bonds is 12. The topological polar surface area (TPSA) is 90.0 Å². The highest BCUT2D eigenvalue weighted by atomic mass is 32.2. The first-order chi connectivity index (χ1) is 20.1. The maximum atomic E-state index is 14.3. The van der Waals surface area contributed by atoms with Gasteiger partial charge in [-0.25, -0.2) is 8.70 Å². The molecule has 3 aromatic carbocycles. The number of amides is 2. The van der Waals surface area contributed by atoms with Crippen molar-refractivity contribution in [1.29, 1.82) is 0 Å². The van der Waals surface area contributed by atoms with E-state index in [0.717, 1.165) is 63.1 Å². The second-order valence-electron chi connectivity index (χ2n) is 10.9. The van der Waals surface area contributed by atoms with Gasteiger partial charge in [-0.2, -0.15) is 12.7 Å². The average Bonchev–Trinajstić information content (AvgIpc) is 3.48. The van der Waals surface area contributed by atoms with E-state index in [-0.39, 0.29) is 30.6 Å². The molecule has 0 radical (unpaired) electrons. The molecule has 3 aromatic rings. The Hall–Kier alpha value is -3.76. The van der Waals surface area contributed by atoms with Crippen molar-refractivity contribution in [1.82, 2.24) is 14.5 Å². The molecule has 0 saturated heterocycles. The van der Waals surface area contributed by atoms with Gasteiger partial charge in [0.25, 0.3) is 0 Å². The first-order valence-electron chi connectivity index (χ1n) is 14.2. The number of hydrogen-bond acceptors (Lipinski definition) is 4. The summed E-state index contributed by atoms with van der Waals surface area (Å²) in [5, 5.41) is 3.16. The molecule has 42 heavy (non-hydrogen) atoms. The maximum Gasteiger partial charge on any atom is 0.304 e. The molecule has 1 saturated carbocycles. The molecule has 1 aliphatic rings. The van der Waals surface area contributed by atoms with Gasteiger partial charge in [0.1, 0.15) is 18.4 Å². The van der Waals surface area contributed by atoms with E-state index in [0.29, 0.717) is 0 Å². The number of halogens is 1. The Morgan fingerprint density at radius 1 is 0.929 bits per heavy atom. The molecule has 0 aromatic heterocycles. The van der Waals surface area contributed by atoms with Gasteiger partial charge in [0.15, 0.2) is 0 Å². The smallest absolute Gasteiger partial charge is 0.304 e. The van der Waals surface area contributed by atoms with Crippen molar-refractivity contribution < 1.29 is 22.4 Å². The summed E-state index contributed by atoms with van der Waals surface area (Å²) < 4.78 is 42.5. The van der Waals surface area contributed by atoms with Crippen LogP contribution in [0.3, 0.4) is 0 Å². The van der Waals surface area contributed by atoms with Crippen molar-refractivity contribution in [3.8, 4) is 0 Å². The summed E-state index contributed by atoms with van der Waals surface area (Å²) in [6, 6.07) is 21.2. The number of aryl methyl sites for hydroxylation is 1. The normalized spacial score (nSPS) is 14.5. The lowest BCUT2D eigenvalue weighted by Crippen LogP contribution is -2.55. The van der Waals surface area contributed by atoms with Crippen LogP contribution in [0.5, 0.6) is 0 Å². The second kappa shape index (κ2) is 13.9. The van der Waals surface area contributed by atoms with Crippen LogP contribution in [0.2, 0.25) is 0 Å². The first-order valence-corrected chi connectivity index (χ1v) is 15.6. The quantitative estimate of drug-likeness (QED) is 0.336. The Morgan fingerprint density at radius 2 is 1.55 bits per heavy atom. The zero-order valence-electron chi connectivity index (χ0n) is 24.4. The molecule has 0 unspecified atom stereocenters. The highest BCUT2D eigenvalue weighted by Crippen LogP contribution is 2.24. The molecule has 4 rings (SSSR count). The van der Waals surface area contributed by atoms with Gasteiger partial charge in [0.2, 0.25) is 11.8 Å². The summed E-state index contributed by atoms with van der Waals surface area (Å²) in [5.41, 5.74) is 2.81. The number of nitrogens with zero attached hydrogens (tertiary/aromatic N) is 3. The SMILES string of the molecule is Cc1ccccc1CN(C(=O)CN(c1ccc(F)cc1)S(=O)(=O)N(C)C)[C@H](Cc1ccccc1)C(=O)NC1CCCC1. The molecule has 8 nitrogen and oxygen atoms in total. The van der Waals surface area contributed by atoms with Gasteiger partial charge >= 0.3 is 10.2 Å². The van der Waals surface area contributed by atoms with Crippen molar-refractivity contribution in [2.24, 2.45) is 0 Å². The highest BCUT2D eigenvalue weighted by Gasteiger charge is 2.35. The van der Waals surface area contributed by atoms with E-state index >= 15 is 0 Å². The molecule has 0 bridgehead atoms. The largest absolute Gasteiger partial charge is 0.352 e. The fourth-order valence-corrected chi connectivity index (χ4v) is 6.27. The molecule has 2 amide bonds. The lowest BCUT2D eigenvalue weighted by atomic mass is 10.0. The minimum atomic E-state index is -4.14. The first kappa shape index (κ1) is 31.2. The van der Waals surface area contributed by atoms with Crippen molar-refractivity contribution in [3.63, 3.8) is 0 Å². The summed E-state index contributed by atoms with van der Waals surface area (Å²) in [5.74, 6) is -1.34. The molecule has 0 aliphatic heterocycles. The van der Waals surface area contributed by atoms with E-state index in [2.05, 4.69) is 5.32 Å². The molecule has 1 fully saturated rings. The molecule has 224 valence electrons. The maximum absolute atomic E-state index is 14.3. The summed E-state index contributed by atoms with van der Waals surface area (Å²) in [6.45, 7) is 1.48. The predicted molar refractivity (Wildman–Crippen MR) is 162 cm³/mol. The van der Waals surface area contributed by atoms with E-state index in [1.807, 2.05) is 61.5 Å². The van der Waals surface area contributed by atoms with Crippen LogP contribution in [0.25, 0.3) is 0 Å². The van der Waals surface area contributed by atoms with Gasteiger partial charge in [0, 0.05) is 33.1 Å². The van der Waals surface area contributed by atoms with Crippen LogP contribution >= 0.6 is 0 Å². The van der Waals surface area contributed by atoms with Crippen molar-refractivity contribution >= 4 is 27.7 Å². The van der Waals surface area contributed by atoms with Crippen molar-refractivity contribution in [3.05, 3.63) is 101 Å². The molecular formula is C32H39FN4O4S. The van der Waals surface area contributed by atoms with Gasteiger partial charge in [0.05, 0.1) is 5.69 Å². The van der Waals surface area contributed by atoms with Crippen LogP contribution in [0, 0.1) is 12.7 Å². The van der Waals surface area contributed by atoms with E-state index in [1.165, 1.54) is 31.1 Å². The lowest BCUT2D eigenvalue weighted by molar-refractivity contribution is -0.140. The van der Waals surface area contributed by atoms with E-state index in [1.54, 1.807) is 0 Å². The summed E-state index contributed by atoms with van der Waals surface area (Å²) in [7, 11) is -1.40. The number of carbonyl (C=O) groups is 2. The minimum absolute atomic E-state index is 0.0380. The van der Waals surface area contributed by atoms with E-state index in [4.69, 9.17) is 0 Å². The van der Waals surface area contributed by atoms with Gasteiger partial charge < -0.3 is 10.2 Å². The fourth-order valence-electron chi connectivity index (χ4n) is 5.22. The number of carbonyl (C=O) groups excluding carboxylic acids is 2. The number of anilines is 1. The van der Waals surface area contributed by atoms with Crippen molar-refractivity contribution in [2.45, 2.75) is 57.7 Å². The van der Waals surface area contributed by atoms with Gasteiger partial charge in [-0.3, -0.25) is 9.59 Å². The number of hydrogen-bond donors (Lipinski definition) is 1. The molecule has 1 atom stereocenters. The standard InChI is InChI=1S/C32H39FN4O4S/c1-24-11-7-8-14-26(24)22-36(30(21-25-12-5-4-6-13-25)32(39)34-28-15-9-10-16-28)31(38)23-37(42(40,41)35(2)3)29-19-17-27(33)18-20-29/h4-8,11-14,17-20,28,30H,9-10,15-16,21-23H2,1-3H3,(H,34,39)/t30-/m1/s1. The molecular weight excluding hydrogens is 555 g/mol. The Kier molecular flexibility index (Phi) is 10.3. The monoisotopic (exact) mass is 594 g/mol. The number of nitrogens with one attached hydrogen (secondary N) is 1. The number of benzene rings is 3. The summed E-state index contributed by atoms with van der Waals surface area (Å²) in [4.78, 5) is 29.7. The minimum Gasteiger partial charge on any atom is -0.352 e. The third-order valence-electron chi connectivity index (χ3n) is 7.71. The Bertz CT molecular complexity index is 1460. The Balaban J connectivity index is 1.76. The van der Waals surface area contributed by atoms with E-state index in [9.17, 15) is 22.4 Å². The fraction of sp³-hybridized carbons (Fsp3) is 0.375. The van der Waals surface area contributed by atoms with Crippen LogP contribution in [0.4, 0.5) is 10.1 Å². The van der Waals surface area contributed by atoms with Crippen LogP contribution in [-0.2, 0) is 32.8 Å². The van der Waals surface area contributed by atoms with Crippen molar-refractivity contribution in [2.75, 3.05) is 24.9 Å². The van der Waals surface area contributed by atoms with Crippen LogP contribution < -0.4 is 9.62 Å². The van der Waals surface area contributed by atoms with Crippen LogP contribution in [-0.4, -0.2) is 62.2 Å². The summed E-state index contributed by atoms with van der Waals surface area (Å²) in [6.07, 6.45) is 4.10. The lowest BCUT2D eigenvalue weighted by Gasteiger charge is -2.35. The van der Waals surface area contributed by atoms with Gasteiger partial charge in [-0.1, -0.05) is 67.4 Å². The molecule has 1 N–H and O–H groups in total. The van der Waals surface area contributed by atoms with Gasteiger partial charge in [-0.15, -0.1) is 0 Å². The second-order valence-corrected chi connectivity index (χ2v) is 13.0. The Labute approximate surface area is 248 Å². The Morgan fingerprint density at radius 3 is 2.17 bits per heavy atom.